The lowest BCUT2D eigenvalue weighted by Crippen LogP contribution is -2.82. The molecule has 1 heterocycles. The van der Waals surface area contributed by atoms with E-state index in [1.54, 1.807) is 0 Å². The van der Waals surface area contributed by atoms with Crippen LogP contribution in [0.2, 0.25) is 0 Å². The number of amides is 1. The monoisotopic (exact) mass is 354 g/mol. The zero-order valence-corrected chi connectivity index (χ0v) is 15.0. The fraction of sp³-hybridized carbons (Fsp3) is 0.611. The highest BCUT2D eigenvalue weighted by molar-refractivity contribution is 5.89. The highest BCUT2D eigenvalue weighted by Crippen LogP contribution is 2.57. The van der Waals surface area contributed by atoms with Gasteiger partial charge in [0.05, 0.1) is 12.2 Å². The second-order valence-electron chi connectivity index (χ2n) is 7.27. The van der Waals surface area contributed by atoms with E-state index >= 15 is 0 Å². The van der Waals surface area contributed by atoms with Crippen LogP contribution < -0.4 is 11.1 Å². The van der Waals surface area contributed by atoms with Gasteiger partial charge in [0.15, 0.2) is 0 Å². The Morgan fingerprint density at radius 1 is 1.42 bits per heavy atom. The fourth-order valence-electron chi connectivity index (χ4n) is 4.17. The molecule has 0 bridgehead atoms. The summed E-state index contributed by atoms with van der Waals surface area (Å²) in [5.74, 6) is -0.135. The summed E-state index contributed by atoms with van der Waals surface area (Å²) in [4.78, 5) is 12.8. The van der Waals surface area contributed by atoms with E-state index < -0.39 is 17.1 Å². The predicted octanol–water partition coefficient (Wildman–Crippen LogP) is 1.79. The van der Waals surface area contributed by atoms with Gasteiger partial charge in [-0.1, -0.05) is 44.2 Å². The normalized spacial score (nSPS) is 31.8. The zero-order chi connectivity index (χ0) is 16.7. The van der Waals surface area contributed by atoms with Gasteiger partial charge in [0.2, 0.25) is 5.91 Å². The molecule has 1 aromatic carbocycles. The molecule has 24 heavy (non-hydrogen) atoms. The van der Waals surface area contributed by atoms with Crippen LogP contribution >= 0.6 is 12.4 Å². The molecule has 0 radical (unpaired) electrons. The van der Waals surface area contributed by atoms with Crippen LogP contribution in [0.5, 0.6) is 0 Å². The Bertz CT molecular complexity index is 581. The average molecular weight is 355 g/mol. The lowest BCUT2D eigenvalue weighted by Gasteiger charge is -2.65. The number of rotatable bonds is 4. The van der Waals surface area contributed by atoms with Crippen molar-refractivity contribution in [3.8, 4) is 0 Å². The lowest BCUT2D eigenvalue weighted by atomic mass is 9.46. The molecule has 2 aliphatic rings. The van der Waals surface area contributed by atoms with E-state index in [1.807, 2.05) is 44.2 Å². The molecule has 1 aromatic rings. The quantitative estimate of drug-likeness (QED) is 0.769. The minimum atomic E-state index is -0.936. The van der Waals surface area contributed by atoms with Gasteiger partial charge < -0.3 is 20.9 Å². The average Bonchev–Trinajstić information content (AvgIpc) is 2.59. The number of carbonyl (C=O) groups is 1. The van der Waals surface area contributed by atoms with Crippen molar-refractivity contribution in [2.24, 2.45) is 17.1 Å². The van der Waals surface area contributed by atoms with E-state index in [2.05, 4.69) is 5.32 Å². The van der Waals surface area contributed by atoms with Crippen LogP contribution in [0.4, 0.5) is 0 Å². The number of carbonyl (C=O) groups excluding carboxylic acids is 1. The van der Waals surface area contributed by atoms with Crippen molar-refractivity contribution < 1.29 is 14.6 Å². The summed E-state index contributed by atoms with van der Waals surface area (Å²) in [6, 6.07) is 9.30. The van der Waals surface area contributed by atoms with Crippen LogP contribution in [0.15, 0.2) is 30.3 Å². The highest BCUT2D eigenvalue weighted by Gasteiger charge is 2.70. The third kappa shape index (κ3) is 2.84. The van der Waals surface area contributed by atoms with Gasteiger partial charge in [-0.25, -0.2) is 0 Å². The van der Waals surface area contributed by atoms with Crippen molar-refractivity contribution in [3.63, 3.8) is 0 Å². The molecule has 1 saturated carbocycles. The number of benzene rings is 1. The molecule has 1 aliphatic heterocycles. The van der Waals surface area contributed by atoms with Crippen molar-refractivity contribution >= 4 is 18.3 Å². The number of hydrogen-bond acceptors (Lipinski definition) is 4. The molecule has 0 aromatic heterocycles. The van der Waals surface area contributed by atoms with Crippen LogP contribution in [0, 0.1) is 11.3 Å². The van der Waals surface area contributed by atoms with Gasteiger partial charge in [-0.2, -0.15) is 0 Å². The van der Waals surface area contributed by atoms with Gasteiger partial charge in [-0.3, -0.25) is 4.79 Å². The first-order chi connectivity index (χ1) is 10.9. The number of fused-ring (bicyclic) bond motifs is 1. The molecule has 3 rings (SSSR count). The first kappa shape index (κ1) is 19.2. The Morgan fingerprint density at radius 2 is 2.08 bits per heavy atom. The van der Waals surface area contributed by atoms with Crippen LogP contribution in [-0.2, 0) is 9.53 Å². The van der Waals surface area contributed by atoms with Crippen molar-refractivity contribution in [2.75, 3.05) is 13.2 Å². The van der Waals surface area contributed by atoms with Gasteiger partial charge in [-0.05, 0) is 18.4 Å². The molecular weight excluding hydrogens is 328 g/mol. The standard InChI is InChI=1S/C18H26N2O3.ClH/c1-17(2)15-13(9-6-10-23-15)18(17,19)16(22)20-11-14(21)12-7-4-3-5-8-12;/h3-5,7-8,13-15,21H,6,9-11,19H2,1-2H3,(H,20,22);1H. The largest absolute Gasteiger partial charge is 0.387 e. The Balaban J connectivity index is 0.00000208. The van der Waals surface area contributed by atoms with E-state index in [0.717, 1.165) is 25.0 Å². The Morgan fingerprint density at radius 3 is 2.75 bits per heavy atom. The van der Waals surface area contributed by atoms with E-state index in [4.69, 9.17) is 10.5 Å². The maximum absolute atomic E-state index is 12.8. The maximum Gasteiger partial charge on any atom is 0.241 e. The summed E-state index contributed by atoms with van der Waals surface area (Å²) in [7, 11) is 0. The second kappa shape index (κ2) is 7.00. The molecule has 1 saturated heterocycles. The molecule has 5 nitrogen and oxygen atoms in total. The molecule has 1 aliphatic carbocycles. The molecule has 134 valence electrons. The van der Waals surface area contributed by atoms with Gasteiger partial charge in [0.1, 0.15) is 5.54 Å². The topological polar surface area (TPSA) is 84.6 Å². The smallest absolute Gasteiger partial charge is 0.241 e. The van der Waals surface area contributed by atoms with E-state index in [9.17, 15) is 9.90 Å². The molecular formula is C18H27ClN2O3. The molecule has 1 amide bonds. The molecule has 4 unspecified atom stereocenters. The fourth-order valence-corrected chi connectivity index (χ4v) is 4.17. The molecule has 2 fully saturated rings. The van der Waals surface area contributed by atoms with Gasteiger partial charge in [0, 0.05) is 24.5 Å². The number of aliphatic hydroxyl groups is 1. The van der Waals surface area contributed by atoms with E-state index in [-0.39, 0.29) is 36.9 Å². The first-order valence-electron chi connectivity index (χ1n) is 8.31. The number of nitrogens with two attached hydrogens (primary N) is 1. The number of ether oxygens (including phenoxy) is 1. The van der Waals surface area contributed by atoms with Crippen molar-refractivity contribution in [1.29, 1.82) is 0 Å². The minimum absolute atomic E-state index is 0. The van der Waals surface area contributed by atoms with Gasteiger partial charge >= 0.3 is 0 Å². The molecule has 4 N–H and O–H groups in total. The van der Waals surface area contributed by atoms with Gasteiger partial charge in [-0.15, -0.1) is 12.4 Å². The number of halogens is 1. The summed E-state index contributed by atoms with van der Waals surface area (Å²) in [5, 5.41) is 13.1. The summed E-state index contributed by atoms with van der Waals surface area (Å²) in [6.45, 7) is 4.89. The Kier molecular flexibility index (Phi) is 5.60. The van der Waals surface area contributed by atoms with Crippen LogP contribution in [0.1, 0.15) is 38.4 Å². The van der Waals surface area contributed by atoms with Gasteiger partial charge in [0.25, 0.3) is 0 Å². The summed E-state index contributed by atoms with van der Waals surface area (Å²) in [5.41, 5.74) is 5.97. The molecule has 6 heteroatoms. The number of aliphatic hydroxyl groups excluding tert-OH is 1. The predicted molar refractivity (Wildman–Crippen MR) is 94.8 cm³/mol. The van der Waals surface area contributed by atoms with Crippen molar-refractivity contribution in [3.05, 3.63) is 35.9 Å². The zero-order valence-electron chi connectivity index (χ0n) is 14.2. The lowest BCUT2D eigenvalue weighted by molar-refractivity contribution is -0.225. The molecule has 0 spiro atoms. The highest BCUT2D eigenvalue weighted by atomic mass is 35.5. The maximum atomic E-state index is 12.8. The number of nitrogens with one attached hydrogen (secondary N) is 1. The van der Waals surface area contributed by atoms with E-state index in [1.165, 1.54) is 0 Å². The summed E-state index contributed by atoms with van der Waals surface area (Å²) in [6.07, 6.45) is 1.17. The van der Waals surface area contributed by atoms with Crippen molar-refractivity contribution in [1.82, 2.24) is 5.32 Å². The number of hydrogen-bond donors (Lipinski definition) is 3. The van der Waals surface area contributed by atoms with Crippen LogP contribution in [0.3, 0.4) is 0 Å². The first-order valence-corrected chi connectivity index (χ1v) is 8.31. The third-order valence-corrected chi connectivity index (χ3v) is 5.70. The summed E-state index contributed by atoms with van der Waals surface area (Å²) < 4.78 is 5.82. The summed E-state index contributed by atoms with van der Waals surface area (Å²) >= 11 is 0. The van der Waals surface area contributed by atoms with Crippen molar-refractivity contribution in [2.45, 2.75) is 44.4 Å². The Hall–Kier alpha value is -1.14. The van der Waals surface area contributed by atoms with Crippen LogP contribution in [-0.4, -0.2) is 35.8 Å². The SMILES string of the molecule is CC1(C)C2OCCCC2C1(N)C(=O)NCC(O)c1ccccc1.Cl. The second-order valence-corrected chi connectivity index (χ2v) is 7.27. The van der Waals surface area contributed by atoms with E-state index in [0.29, 0.717) is 0 Å². The minimum Gasteiger partial charge on any atom is -0.387 e. The van der Waals surface area contributed by atoms with Crippen LogP contribution in [0.25, 0.3) is 0 Å². The molecule has 4 atom stereocenters. The third-order valence-electron chi connectivity index (χ3n) is 5.70. The Labute approximate surface area is 149 Å².